The third-order valence-corrected chi connectivity index (χ3v) is 3.00. The molecule has 0 aliphatic heterocycles. The number of hydrogen-bond acceptors (Lipinski definition) is 5. The minimum Gasteiger partial charge on any atom is -0.334 e. The Kier molecular flexibility index (Phi) is 3.41. The van der Waals surface area contributed by atoms with E-state index in [2.05, 4.69) is 15.1 Å². The van der Waals surface area contributed by atoms with Crippen molar-refractivity contribution in [2.75, 3.05) is 0 Å². The third-order valence-electron chi connectivity index (χ3n) is 3.00. The fraction of sp³-hybridized carbons (Fsp3) is 0.0625. The summed E-state index contributed by atoms with van der Waals surface area (Å²) < 4.78 is 5.27. The van der Waals surface area contributed by atoms with E-state index in [1.165, 1.54) is 11.6 Å². The van der Waals surface area contributed by atoms with Crippen LogP contribution in [0.3, 0.4) is 0 Å². The van der Waals surface area contributed by atoms with Crippen molar-refractivity contribution >= 4 is 11.8 Å². The molecule has 0 unspecified atom stereocenters. The van der Waals surface area contributed by atoms with Gasteiger partial charge in [-0.3, -0.25) is 0 Å². The van der Waals surface area contributed by atoms with Crippen molar-refractivity contribution in [2.45, 2.75) is 6.92 Å². The van der Waals surface area contributed by atoms with E-state index in [1.54, 1.807) is 18.2 Å². The van der Waals surface area contributed by atoms with Crippen LogP contribution in [-0.4, -0.2) is 16.2 Å². The Morgan fingerprint density at radius 1 is 1.10 bits per heavy atom. The number of carbonyl (C=O) groups excluding carboxylic acids is 1. The molecule has 1 aromatic heterocycles. The van der Waals surface area contributed by atoms with Crippen LogP contribution in [0.5, 0.6) is 0 Å². The lowest BCUT2D eigenvalue weighted by Crippen LogP contribution is -1.81. The van der Waals surface area contributed by atoms with Gasteiger partial charge in [-0.1, -0.05) is 41.1 Å². The molecule has 2 aromatic carbocycles. The van der Waals surface area contributed by atoms with Crippen LogP contribution in [0.4, 0.5) is 5.69 Å². The average Bonchev–Trinajstić information content (AvgIpc) is 2.98. The maximum absolute atomic E-state index is 10.3. The second-order valence-electron chi connectivity index (χ2n) is 4.54. The van der Waals surface area contributed by atoms with Crippen LogP contribution in [0.15, 0.2) is 58.0 Å². The van der Waals surface area contributed by atoms with E-state index in [9.17, 15) is 4.79 Å². The summed E-state index contributed by atoms with van der Waals surface area (Å²) in [5, 5.41) is 3.97. The first-order valence-electron chi connectivity index (χ1n) is 6.35. The lowest BCUT2D eigenvalue weighted by Gasteiger charge is -1.95. The predicted molar refractivity (Wildman–Crippen MR) is 77.7 cm³/mol. The Bertz CT molecular complexity index is 816. The van der Waals surface area contributed by atoms with Crippen molar-refractivity contribution < 1.29 is 9.32 Å². The highest BCUT2D eigenvalue weighted by Gasteiger charge is 2.10. The number of aliphatic imine (C=N–C) groups is 1. The van der Waals surface area contributed by atoms with Crippen molar-refractivity contribution in [3.63, 3.8) is 0 Å². The number of hydrogen-bond donors (Lipinski definition) is 0. The molecule has 0 aliphatic carbocycles. The summed E-state index contributed by atoms with van der Waals surface area (Å²) in [4.78, 5) is 18.2. The SMILES string of the molecule is Cc1ccc(-c2noc(-c3cccc(N=C=O)c3)n2)cc1. The van der Waals surface area contributed by atoms with E-state index >= 15 is 0 Å². The minimum atomic E-state index is 0.383. The Hall–Kier alpha value is -3.04. The van der Waals surface area contributed by atoms with Crippen molar-refractivity contribution in [2.24, 2.45) is 4.99 Å². The number of aromatic nitrogens is 2. The van der Waals surface area contributed by atoms with Gasteiger partial charge in [0.15, 0.2) is 0 Å². The van der Waals surface area contributed by atoms with Gasteiger partial charge >= 0.3 is 0 Å². The van der Waals surface area contributed by atoms with Crippen LogP contribution in [-0.2, 0) is 4.79 Å². The molecule has 0 aliphatic rings. The molecule has 3 aromatic rings. The molecule has 21 heavy (non-hydrogen) atoms. The van der Waals surface area contributed by atoms with Gasteiger partial charge < -0.3 is 4.52 Å². The normalized spacial score (nSPS) is 10.1. The van der Waals surface area contributed by atoms with Gasteiger partial charge in [0, 0.05) is 11.1 Å². The summed E-state index contributed by atoms with van der Waals surface area (Å²) in [5.41, 5.74) is 3.26. The molecule has 0 bridgehead atoms. The van der Waals surface area contributed by atoms with Crippen molar-refractivity contribution in [3.05, 3.63) is 54.1 Å². The molecular weight excluding hydrogens is 266 g/mol. The van der Waals surface area contributed by atoms with Gasteiger partial charge in [-0.25, -0.2) is 4.79 Å². The fourth-order valence-electron chi connectivity index (χ4n) is 1.92. The Morgan fingerprint density at radius 2 is 1.90 bits per heavy atom. The molecule has 102 valence electrons. The van der Waals surface area contributed by atoms with Gasteiger partial charge in [0.25, 0.3) is 5.89 Å². The summed E-state index contributed by atoms with van der Waals surface area (Å²) in [7, 11) is 0. The number of benzene rings is 2. The van der Waals surface area contributed by atoms with Crippen LogP contribution < -0.4 is 0 Å². The second kappa shape index (κ2) is 5.53. The fourth-order valence-corrected chi connectivity index (χ4v) is 1.92. The summed E-state index contributed by atoms with van der Waals surface area (Å²) in [6, 6.07) is 14.8. The third kappa shape index (κ3) is 2.78. The molecule has 0 N–H and O–H groups in total. The highest BCUT2D eigenvalue weighted by Crippen LogP contribution is 2.25. The number of nitrogens with zero attached hydrogens (tertiary/aromatic N) is 3. The standard InChI is InChI=1S/C16H11N3O2/c1-11-5-7-12(8-6-11)15-18-16(21-19-15)13-3-2-4-14(9-13)17-10-20/h2-9H,1H3. The van der Waals surface area contributed by atoms with Gasteiger partial charge in [0.2, 0.25) is 11.9 Å². The molecule has 5 heteroatoms. The van der Waals surface area contributed by atoms with Crippen molar-refractivity contribution in [3.8, 4) is 22.8 Å². The smallest absolute Gasteiger partial charge is 0.258 e. The van der Waals surface area contributed by atoms with Gasteiger partial charge in [0.05, 0.1) is 5.69 Å². The first-order valence-corrected chi connectivity index (χ1v) is 6.35. The average molecular weight is 277 g/mol. The molecule has 1 heterocycles. The number of isocyanates is 1. The molecule has 0 saturated heterocycles. The molecule has 0 atom stereocenters. The second-order valence-corrected chi connectivity index (χ2v) is 4.54. The number of rotatable bonds is 3. The topological polar surface area (TPSA) is 68.3 Å². The van der Waals surface area contributed by atoms with E-state index in [0.29, 0.717) is 23.0 Å². The van der Waals surface area contributed by atoms with Crippen LogP contribution >= 0.6 is 0 Å². The van der Waals surface area contributed by atoms with Crippen LogP contribution in [0.1, 0.15) is 5.56 Å². The van der Waals surface area contributed by atoms with Gasteiger partial charge in [-0.15, -0.1) is 0 Å². The van der Waals surface area contributed by atoms with Crippen LogP contribution in [0, 0.1) is 6.92 Å². The first kappa shape index (κ1) is 13.0. The van der Waals surface area contributed by atoms with Crippen molar-refractivity contribution in [1.82, 2.24) is 10.1 Å². The highest BCUT2D eigenvalue weighted by atomic mass is 16.5. The summed E-state index contributed by atoms with van der Waals surface area (Å²) in [6.07, 6.45) is 1.51. The minimum absolute atomic E-state index is 0.383. The molecule has 0 amide bonds. The van der Waals surface area contributed by atoms with E-state index in [1.807, 2.05) is 37.3 Å². The van der Waals surface area contributed by atoms with Crippen molar-refractivity contribution in [1.29, 1.82) is 0 Å². The molecule has 3 rings (SSSR count). The maximum atomic E-state index is 10.3. The monoisotopic (exact) mass is 277 g/mol. The first-order chi connectivity index (χ1) is 10.3. The molecule has 0 spiro atoms. The van der Waals surface area contributed by atoms with E-state index in [-0.39, 0.29) is 0 Å². The zero-order valence-electron chi connectivity index (χ0n) is 11.3. The van der Waals surface area contributed by atoms with E-state index in [0.717, 1.165) is 5.56 Å². The Morgan fingerprint density at radius 3 is 2.67 bits per heavy atom. The summed E-state index contributed by atoms with van der Waals surface area (Å²) in [5.74, 6) is 0.905. The summed E-state index contributed by atoms with van der Waals surface area (Å²) >= 11 is 0. The Labute approximate surface area is 121 Å². The zero-order chi connectivity index (χ0) is 14.7. The van der Waals surface area contributed by atoms with E-state index in [4.69, 9.17) is 4.52 Å². The number of aryl methyl sites for hydroxylation is 1. The molecule has 0 saturated carbocycles. The lowest BCUT2D eigenvalue weighted by molar-refractivity contribution is 0.432. The van der Waals surface area contributed by atoms with Gasteiger partial charge in [-0.05, 0) is 25.1 Å². The highest BCUT2D eigenvalue weighted by molar-refractivity contribution is 5.64. The molecule has 5 nitrogen and oxygen atoms in total. The van der Waals surface area contributed by atoms with Crippen LogP contribution in [0.25, 0.3) is 22.8 Å². The maximum Gasteiger partial charge on any atom is 0.258 e. The van der Waals surface area contributed by atoms with Crippen LogP contribution in [0.2, 0.25) is 0 Å². The lowest BCUT2D eigenvalue weighted by atomic mass is 10.1. The predicted octanol–water partition coefficient (Wildman–Crippen LogP) is 3.68. The largest absolute Gasteiger partial charge is 0.334 e. The zero-order valence-corrected chi connectivity index (χ0v) is 11.3. The van der Waals surface area contributed by atoms with E-state index < -0.39 is 0 Å². The van der Waals surface area contributed by atoms with Gasteiger partial charge in [-0.2, -0.15) is 9.98 Å². The Balaban J connectivity index is 1.96. The molecule has 0 fully saturated rings. The quantitative estimate of drug-likeness (QED) is 0.541. The molecule has 0 radical (unpaired) electrons. The van der Waals surface area contributed by atoms with Gasteiger partial charge in [0.1, 0.15) is 0 Å². The molecular formula is C16H11N3O2. The summed E-state index contributed by atoms with van der Waals surface area (Å²) in [6.45, 7) is 2.02.